The highest BCUT2D eigenvalue weighted by molar-refractivity contribution is 4.70. The van der Waals surface area contributed by atoms with Crippen LogP contribution >= 0.6 is 0 Å². The molecule has 0 N–H and O–H groups in total. The molecule has 1 aliphatic rings. The standard InChI is InChI=1S/C14H29NO2/c1-4-13-8-7-10-15(11-9-13)12-14(16-5-2)17-6-3/h13-14H,4-12H2,1-3H3. The molecule has 3 heteroatoms. The Morgan fingerprint density at radius 3 is 2.35 bits per heavy atom. The molecule has 17 heavy (non-hydrogen) atoms. The van der Waals surface area contributed by atoms with Crippen molar-refractivity contribution in [1.29, 1.82) is 0 Å². The van der Waals surface area contributed by atoms with E-state index in [2.05, 4.69) is 11.8 Å². The average molecular weight is 243 g/mol. The van der Waals surface area contributed by atoms with E-state index in [-0.39, 0.29) is 6.29 Å². The van der Waals surface area contributed by atoms with Gasteiger partial charge in [-0.15, -0.1) is 0 Å². The van der Waals surface area contributed by atoms with Gasteiger partial charge >= 0.3 is 0 Å². The SMILES string of the molecule is CCOC(CN1CCCC(CC)CC1)OCC. The van der Waals surface area contributed by atoms with E-state index >= 15 is 0 Å². The maximum absolute atomic E-state index is 5.62. The Kier molecular flexibility index (Phi) is 7.82. The third kappa shape index (κ3) is 5.84. The first kappa shape index (κ1) is 14.9. The van der Waals surface area contributed by atoms with E-state index in [1.54, 1.807) is 0 Å². The zero-order valence-electron chi connectivity index (χ0n) is 11.8. The second-order valence-corrected chi connectivity index (χ2v) is 4.85. The molecule has 1 saturated heterocycles. The van der Waals surface area contributed by atoms with Crippen LogP contribution in [0.1, 0.15) is 46.5 Å². The van der Waals surface area contributed by atoms with Crippen LogP contribution in [0.2, 0.25) is 0 Å². The molecule has 0 aromatic carbocycles. The van der Waals surface area contributed by atoms with Crippen LogP contribution in [0.15, 0.2) is 0 Å². The molecule has 1 unspecified atom stereocenters. The van der Waals surface area contributed by atoms with Gasteiger partial charge in [-0.2, -0.15) is 0 Å². The minimum Gasteiger partial charge on any atom is -0.352 e. The lowest BCUT2D eigenvalue weighted by atomic mass is 9.98. The molecule has 0 radical (unpaired) electrons. The van der Waals surface area contributed by atoms with Crippen molar-refractivity contribution < 1.29 is 9.47 Å². The molecule has 1 rings (SSSR count). The Morgan fingerprint density at radius 2 is 1.76 bits per heavy atom. The molecule has 0 saturated carbocycles. The summed E-state index contributed by atoms with van der Waals surface area (Å²) in [4.78, 5) is 2.51. The number of rotatable bonds is 7. The van der Waals surface area contributed by atoms with Gasteiger partial charge in [-0.25, -0.2) is 0 Å². The molecule has 0 spiro atoms. The van der Waals surface area contributed by atoms with Gasteiger partial charge in [0, 0.05) is 19.8 Å². The van der Waals surface area contributed by atoms with Crippen molar-refractivity contribution in [2.24, 2.45) is 5.92 Å². The molecule has 1 fully saturated rings. The molecule has 3 nitrogen and oxygen atoms in total. The van der Waals surface area contributed by atoms with Gasteiger partial charge in [0.2, 0.25) is 0 Å². The topological polar surface area (TPSA) is 21.7 Å². The van der Waals surface area contributed by atoms with Crippen LogP contribution in [0.4, 0.5) is 0 Å². The van der Waals surface area contributed by atoms with Crippen LogP contribution in [0, 0.1) is 5.92 Å². The first-order valence-corrected chi connectivity index (χ1v) is 7.25. The van der Waals surface area contributed by atoms with Crippen molar-refractivity contribution in [3.63, 3.8) is 0 Å². The van der Waals surface area contributed by atoms with Gasteiger partial charge in [-0.05, 0) is 52.1 Å². The van der Waals surface area contributed by atoms with Crippen molar-refractivity contribution in [3.8, 4) is 0 Å². The minimum atomic E-state index is -0.0387. The molecule has 0 aromatic heterocycles. The summed E-state index contributed by atoms with van der Waals surface area (Å²) in [5.74, 6) is 0.928. The van der Waals surface area contributed by atoms with E-state index in [1.165, 1.54) is 38.8 Å². The maximum atomic E-state index is 5.62. The van der Waals surface area contributed by atoms with Crippen LogP contribution in [-0.2, 0) is 9.47 Å². The van der Waals surface area contributed by atoms with Crippen molar-refractivity contribution >= 4 is 0 Å². The Morgan fingerprint density at radius 1 is 1.06 bits per heavy atom. The third-order valence-electron chi connectivity index (χ3n) is 3.63. The smallest absolute Gasteiger partial charge is 0.170 e. The average Bonchev–Trinajstić information content (AvgIpc) is 2.55. The van der Waals surface area contributed by atoms with E-state index in [0.29, 0.717) is 0 Å². The second kappa shape index (κ2) is 8.90. The third-order valence-corrected chi connectivity index (χ3v) is 3.63. The number of ether oxygens (including phenoxy) is 2. The molecule has 1 heterocycles. The Hall–Kier alpha value is -0.120. The van der Waals surface area contributed by atoms with Crippen LogP contribution in [0.5, 0.6) is 0 Å². The monoisotopic (exact) mass is 243 g/mol. The number of hydrogen-bond donors (Lipinski definition) is 0. The molecule has 102 valence electrons. The molecule has 0 bridgehead atoms. The van der Waals surface area contributed by atoms with Gasteiger partial charge in [0.25, 0.3) is 0 Å². The van der Waals surface area contributed by atoms with Gasteiger partial charge < -0.3 is 9.47 Å². The van der Waals surface area contributed by atoms with Crippen LogP contribution in [0.3, 0.4) is 0 Å². The highest BCUT2D eigenvalue weighted by Gasteiger charge is 2.19. The van der Waals surface area contributed by atoms with E-state index in [0.717, 1.165) is 25.7 Å². The van der Waals surface area contributed by atoms with Crippen molar-refractivity contribution in [3.05, 3.63) is 0 Å². The molecular weight excluding hydrogens is 214 g/mol. The fraction of sp³-hybridized carbons (Fsp3) is 1.00. The number of hydrogen-bond acceptors (Lipinski definition) is 3. The summed E-state index contributed by atoms with van der Waals surface area (Å²) in [7, 11) is 0. The summed E-state index contributed by atoms with van der Waals surface area (Å²) in [5.41, 5.74) is 0. The Bertz CT molecular complexity index is 181. The summed E-state index contributed by atoms with van der Waals surface area (Å²) < 4.78 is 11.2. The minimum absolute atomic E-state index is 0.0387. The normalized spacial score (nSPS) is 22.9. The lowest BCUT2D eigenvalue weighted by Gasteiger charge is -2.26. The molecule has 1 atom stereocenters. The molecule has 0 amide bonds. The van der Waals surface area contributed by atoms with Crippen LogP contribution in [0.25, 0.3) is 0 Å². The quantitative estimate of drug-likeness (QED) is 0.642. The zero-order chi connectivity index (χ0) is 12.5. The number of likely N-dealkylation sites (tertiary alicyclic amines) is 1. The molecule has 0 aromatic rings. The fourth-order valence-electron chi connectivity index (χ4n) is 2.55. The molecule has 0 aliphatic carbocycles. The van der Waals surface area contributed by atoms with Crippen LogP contribution in [-0.4, -0.2) is 44.0 Å². The van der Waals surface area contributed by atoms with Crippen LogP contribution < -0.4 is 0 Å². The summed E-state index contributed by atoms with van der Waals surface area (Å²) in [6.45, 7) is 11.2. The summed E-state index contributed by atoms with van der Waals surface area (Å²) in [6, 6.07) is 0. The first-order valence-electron chi connectivity index (χ1n) is 7.25. The predicted molar refractivity (Wildman–Crippen MR) is 71.1 cm³/mol. The van der Waals surface area contributed by atoms with Gasteiger partial charge in [0.1, 0.15) is 0 Å². The van der Waals surface area contributed by atoms with Gasteiger partial charge in [0.15, 0.2) is 6.29 Å². The Labute approximate surface area is 106 Å². The molecule has 1 aliphatic heterocycles. The van der Waals surface area contributed by atoms with Gasteiger partial charge in [-0.1, -0.05) is 13.3 Å². The van der Waals surface area contributed by atoms with Crippen molar-refractivity contribution in [1.82, 2.24) is 4.90 Å². The summed E-state index contributed by atoms with van der Waals surface area (Å²) >= 11 is 0. The summed E-state index contributed by atoms with van der Waals surface area (Å²) in [5, 5.41) is 0. The van der Waals surface area contributed by atoms with E-state index in [1.807, 2.05) is 13.8 Å². The highest BCUT2D eigenvalue weighted by atomic mass is 16.7. The largest absolute Gasteiger partial charge is 0.352 e. The fourth-order valence-corrected chi connectivity index (χ4v) is 2.55. The lowest BCUT2D eigenvalue weighted by Crippen LogP contribution is -2.36. The Balaban J connectivity index is 2.32. The van der Waals surface area contributed by atoms with Gasteiger partial charge in [-0.3, -0.25) is 4.90 Å². The maximum Gasteiger partial charge on any atom is 0.170 e. The molecular formula is C14H29NO2. The summed E-state index contributed by atoms with van der Waals surface area (Å²) in [6.07, 6.45) is 5.34. The first-order chi connectivity index (χ1) is 8.30. The van der Waals surface area contributed by atoms with E-state index in [4.69, 9.17) is 9.47 Å². The number of nitrogens with zero attached hydrogens (tertiary/aromatic N) is 1. The van der Waals surface area contributed by atoms with Gasteiger partial charge in [0.05, 0.1) is 0 Å². The highest BCUT2D eigenvalue weighted by Crippen LogP contribution is 2.20. The van der Waals surface area contributed by atoms with E-state index in [9.17, 15) is 0 Å². The van der Waals surface area contributed by atoms with Crippen molar-refractivity contribution in [2.75, 3.05) is 32.8 Å². The second-order valence-electron chi connectivity index (χ2n) is 4.85. The zero-order valence-corrected chi connectivity index (χ0v) is 11.8. The van der Waals surface area contributed by atoms with Crippen molar-refractivity contribution in [2.45, 2.75) is 52.7 Å². The lowest BCUT2D eigenvalue weighted by molar-refractivity contribution is -0.147. The van der Waals surface area contributed by atoms with E-state index < -0.39 is 0 Å². The predicted octanol–water partition coefficient (Wildman–Crippen LogP) is 2.90.